The maximum absolute atomic E-state index is 11.7. The van der Waals surface area contributed by atoms with Crippen molar-refractivity contribution in [3.8, 4) is 0 Å². The van der Waals surface area contributed by atoms with E-state index in [9.17, 15) is 21.2 Å². The minimum absolute atomic E-state index is 3.68. The average molecular weight is 194 g/mol. The minimum Gasteiger partial charge on any atom is -0.282 e. The molecule has 0 heterocycles. The van der Waals surface area contributed by atoms with Crippen LogP contribution in [0.1, 0.15) is 0 Å². The summed E-state index contributed by atoms with van der Waals surface area (Å²) in [6.45, 7) is 0. The SMILES string of the molecule is O=S(=O)(O)C(F)S(=O)(=O)O. The fraction of sp³-hybridized carbons (Fsp3) is 1.00. The summed E-state index contributed by atoms with van der Waals surface area (Å²) in [7, 11) is -10.7. The molecule has 10 heavy (non-hydrogen) atoms. The van der Waals surface area contributed by atoms with Crippen LogP contribution in [-0.2, 0) is 20.2 Å². The van der Waals surface area contributed by atoms with Crippen LogP contribution in [0.5, 0.6) is 0 Å². The molecule has 0 saturated heterocycles. The fourth-order valence-electron chi connectivity index (χ4n) is 0.154. The van der Waals surface area contributed by atoms with Crippen LogP contribution in [0.15, 0.2) is 0 Å². The Bertz CT molecular complexity index is 265. The Morgan fingerprint density at radius 2 is 1.20 bits per heavy atom. The molecule has 0 fully saturated rings. The largest absolute Gasteiger partial charge is 0.348 e. The predicted molar refractivity (Wildman–Crippen MR) is 28.0 cm³/mol. The molecule has 0 aliphatic heterocycles. The molecule has 0 rings (SSSR count). The number of hydrogen-bond donors (Lipinski definition) is 2. The molecule has 0 unspecified atom stereocenters. The Morgan fingerprint density at radius 1 is 1.00 bits per heavy atom. The zero-order valence-corrected chi connectivity index (χ0v) is 5.93. The van der Waals surface area contributed by atoms with E-state index in [1.807, 2.05) is 0 Å². The van der Waals surface area contributed by atoms with Gasteiger partial charge in [-0.25, -0.2) is 4.39 Å². The van der Waals surface area contributed by atoms with E-state index in [1.165, 1.54) is 0 Å². The van der Waals surface area contributed by atoms with Crippen molar-refractivity contribution in [3.05, 3.63) is 0 Å². The van der Waals surface area contributed by atoms with Gasteiger partial charge in [-0.1, -0.05) is 0 Å². The van der Waals surface area contributed by atoms with Crippen molar-refractivity contribution in [2.45, 2.75) is 4.84 Å². The monoisotopic (exact) mass is 194 g/mol. The summed E-state index contributed by atoms with van der Waals surface area (Å²) >= 11 is 0. The van der Waals surface area contributed by atoms with E-state index in [4.69, 9.17) is 9.11 Å². The quantitative estimate of drug-likeness (QED) is 0.546. The van der Waals surface area contributed by atoms with Gasteiger partial charge in [0.15, 0.2) is 0 Å². The molecule has 0 amide bonds. The van der Waals surface area contributed by atoms with E-state index in [0.29, 0.717) is 0 Å². The van der Waals surface area contributed by atoms with Crippen molar-refractivity contribution in [3.63, 3.8) is 0 Å². The summed E-state index contributed by atoms with van der Waals surface area (Å²) in [6, 6.07) is 0. The third-order valence-electron chi connectivity index (χ3n) is 0.468. The van der Waals surface area contributed by atoms with Gasteiger partial charge in [0.05, 0.1) is 0 Å². The topological polar surface area (TPSA) is 109 Å². The average Bonchev–Trinajstić information content (AvgIpc) is 1.59. The molecule has 0 radical (unpaired) electrons. The molecule has 0 aromatic carbocycles. The van der Waals surface area contributed by atoms with Gasteiger partial charge in [0, 0.05) is 0 Å². The van der Waals surface area contributed by atoms with E-state index >= 15 is 0 Å². The summed E-state index contributed by atoms with van der Waals surface area (Å²) in [6.07, 6.45) is 0. The molecule has 0 aromatic rings. The van der Waals surface area contributed by atoms with E-state index in [1.54, 1.807) is 0 Å². The Labute approximate surface area is 56.2 Å². The molecule has 6 nitrogen and oxygen atoms in total. The van der Waals surface area contributed by atoms with Crippen molar-refractivity contribution < 1.29 is 30.3 Å². The molecule has 0 saturated carbocycles. The van der Waals surface area contributed by atoms with E-state index in [0.717, 1.165) is 0 Å². The first-order chi connectivity index (χ1) is 4.15. The lowest BCUT2D eigenvalue weighted by molar-refractivity contribution is 0.391. The summed E-state index contributed by atoms with van der Waals surface area (Å²) in [4.78, 5) is -3.68. The van der Waals surface area contributed by atoms with Crippen LogP contribution >= 0.6 is 0 Å². The lowest BCUT2D eigenvalue weighted by Crippen LogP contribution is -2.24. The van der Waals surface area contributed by atoms with Crippen LogP contribution in [0, 0.1) is 0 Å². The van der Waals surface area contributed by atoms with Gasteiger partial charge in [0.2, 0.25) is 0 Å². The van der Waals surface area contributed by atoms with Gasteiger partial charge < -0.3 is 0 Å². The molecule has 0 bridgehead atoms. The highest BCUT2D eigenvalue weighted by molar-refractivity contribution is 8.03. The van der Waals surface area contributed by atoms with Gasteiger partial charge in [-0.05, 0) is 0 Å². The van der Waals surface area contributed by atoms with E-state index in [-0.39, 0.29) is 0 Å². The summed E-state index contributed by atoms with van der Waals surface area (Å²) in [5, 5.41) is 0. The normalized spacial score (nSPS) is 14.0. The third kappa shape index (κ3) is 2.56. The molecule has 2 N–H and O–H groups in total. The molecule has 0 aliphatic carbocycles. The first kappa shape index (κ1) is 9.75. The predicted octanol–water partition coefficient (Wildman–Crippen LogP) is -0.985. The maximum Gasteiger partial charge on any atom is 0.348 e. The van der Waals surface area contributed by atoms with Crippen LogP contribution in [-0.4, -0.2) is 30.8 Å². The second-order valence-electron chi connectivity index (χ2n) is 1.30. The highest BCUT2D eigenvalue weighted by Gasteiger charge is 2.34. The smallest absolute Gasteiger partial charge is 0.282 e. The number of halogens is 1. The Morgan fingerprint density at radius 3 is 1.20 bits per heavy atom. The first-order valence-electron chi connectivity index (χ1n) is 1.72. The van der Waals surface area contributed by atoms with Gasteiger partial charge in [-0.3, -0.25) is 9.11 Å². The lowest BCUT2D eigenvalue weighted by atomic mass is 11.8. The van der Waals surface area contributed by atoms with E-state index < -0.39 is 25.1 Å². The zero-order chi connectivity index (χ0) is 8.58. The molecule has 9 heteroatoms. The van der Waals surface area contributed by atoms with Crippen LogP contribution < -0.4 is 0 Å². The summed E-state index contributed by atoms with van der Waals surface area (Å²) < 4.78 is 65.6. The highest BCUT2D eigenvalue weighted by atomic mass is 32.3. The van der Waals surface area contributed by atoms with Crippen molar-refractivity contribution in [1.29, 1.82) is 0 Å². The minimum atomic E-state index is -5.37. The third-order valence-corrected chi connectivity index (χ3v) is 2.86. The molecular formula is CH3FO6S2. The molecule has 0 aromatic heterocycles. The van der Waals surface area contributed by atoms with Gasteiger partial charge in [0.25, 0.3) is 0 Å². The highest BCUT2D eigenvalue weighted by Crippen LogP contribution is 2.06. The second kappa shape index (κ2) is 2.42. The molecule has 62 valence electrons. The molecule has 0 aliphatic rings. The fourth-order valence-corrected chi connectivity index (χ4v) is 1.38. The zero-order valence-electron chi connectivity index (χ0n) is 4.30. The first-order valence-corrected chi connectivity index (χ1v) is 4.73. The van der Waals surface area contributed by atoms with Gasteiger partial charge in [-0.2, -0.15) is 16.8 Å². The number of rotatable bonds is 2. The van der Waals surface area contributed by atoms with Crippen LogP contribution in [0.25, 0.3) is 0 Å². The lowest BCUT2D eigenvalue weighted by Gasteiger charge is -1.97. The van der Waals surface area contributed by atoms with Crippen LogP contribution in [0.4, 0.5) is 4.39 Å². The van der Waals surface area contributed by atoms with Gasteiger partial charge in [-0.15, -0.1) is 0 Å². The standard InChI is InChI=1S/CH3FO6S2/c2-1(9(3,4)5)10(6,7)8/h1H,(H,3,4,5)(H,6,7,8). The van der Waals surface area contributed by atoms with Crippen LogP contribution in [0.3, 0.4) is 0 Å². The Balaban J connectivity index is 4.94. The van der Waals surface area contributed by atoms with Gasteiger partial charge in [0.1, 0.15) is 0 Å². The summed E-state index contributed by atoms with van der Waals surface area (Å²) in [5.74, 6) is 0. The molecule has 0 spiro atoms. The maximum atomic E-state index is 11.7. The van der Waals surface area contributed by atoms with Crippen LogP contribution in [0.2, 0.25) is 0 Å². The van der Waals surface area contributed by atoms with Crippen molar-refractivity contribution in [2.75, 3.05) is 0 Å². The van der Waals surface area contributed by atoms with Crippen molar-refractivity contribution in [2.24, 2.45) is 0 Å². The molecular weight excluding hydrogens is 191 g/mol. The van der Waals surface area contributed by atoms with Crippen molar-refractivity contribution in [1.82, 2.24) is 0 Å². The summed E-state index contributed by atoms with van der Waals surface area (Å²) in [5.41, 5.74) is 0. The van der Waals surface area contributed by atoms with E-state index in [2.05, 4.69) is 0 Å². The number of alkyl halides is 1. The second-order valence-corrected chi connectivity index (χ2v) is 4.49. The Kier molecular flexibility index (Phi) is 2.36. The Hall–Kier alpha value is -0.250. The van der Waals surface area contributed by atoms with Gasteiger partial charge >= 0.3 is 25.1 Å². The number of hydrogen-bond acceptors (Lipinski definition) is 4. The molecule has 0 atom stereocenters. The van der Waals surface area contributed by atoms with Crippen molar-refractivity contribution >= 4 is 20.2 Å².